The van der Waals surface area contributed by atoms with Crippen molar-refractivity contribution in [1.82, 2.24) is 5.32 Å². The summed E-state index contributed by atoms with van der Waals surface area (Å²) < 4.78 is 5.68. The molecule has 0 aromatic heterocycles. The summed E-state index contributed by atoms with van der Waals surface area (Å²) in [5.74, 6) is 2.01. The lowest BCUT2D eigenvalue weighted by molar-refractivity contribution is 0.0355. The third-order valence-corrected chi connectivity index (χ3v) is 2.79. The first-order valence-corrected chi connectivity index (χ1v) is 6.31. The number of hydrogen-bond acceptors (Lipinski definition) is 2. The standard InChI is InChI=1S/C14H29NO/c1-9-13(10(2)3)11(4)15-12(5)16-14(6,7)8/h10-11,13,15H,5,9H2,1-4,6-8H3. The maximum absolute atomic E-state index is 5.68. The molecule has 0 amide bonds. The molecule has 1 N–H and O–H groups in total. The smallest absolute Gasteiger partial charge is 0.180 e. The van der Waals surface area contributed by atoms with Gasteiger partial charge < -0.3 is 10.1 Å². The van der Waals surface area contributed by atoms with Gasteiger partial charge in [0, 0.05) is 6.04 Å². The highest BCUT2D eigenvalue weighted by molar-refractivity contribution is 4.88. The van der Waals surface area contributed by atoms with Gasteiger partial charge in [-0.25, -0.2) is 0 Å². The summed E-state index contributed by atoms with van der Waals surface area (Å²) in [6, 6.07) is 0.403. The van der Waals surface area contributed by atoms with E-state index in [4.69, 9.17) is 4.74 Å². The van der Waals surface area contributed by atoms with Gasteiger partial charge in [0.25, 0.3) is 0 Å². The van der Waals surface area contributed by atoms with Gasteiger partial charge in [0.15, 0.2) is 5.88 Å². The van der Waals surface area contributed by atoms with Crippen LogP contribution in [0.25, 0.3) is 0 Å². The monoisotopic (exact) mass is 227 g/mol. The first kappa shape index (κ1) is 15.3. The Morgan fingerprint density at radius 2 is 1.75 bits per heavy atom. The predicted molar refractivity (Wildman–Crippen MR) is 71.2 cm³/mol. The fourth-order valence-corrected chi connectivity index (χ4v) is 2.16. The van der Waals surface area contributed by atoms with Gasteiger partial charge in [0.05, 0.1) is 0 Å². The Morgan fingerprint density at radius 1 is 1.25 bits per heavy atom. The molecule has 2 atom stereocenters. The summed E-state index contributed by atoms with van der Waals surface area (Å²) in [5, 5.41) is 3.35. The maximum Gasteiger partial charge on any atom is 0.180 e. The molecule has 0 radical (unpaired) electrons. The second-order valence-corrected chi connectivity index (χ2v) is 5.89. The zero-order valence-electron chi connectivity index (χ0n) is 12.1. The van der Waals surface area contributed by atoms with Crippen LogP contribution in [0.15, 0.2) is 12.5 Å². The zero-order valence-corrected chi connectivity index (χ0v) is 12.1. The minimum atomic E-state index is -0.177. The van der Waals surface area contributed by atoms with Gasteiger partial charge in [-0.15, -0.1) is 0 Å². The van der Waals surface area contributed by atoms with Crippen LogP contribution in [-0.4, -0.2) is 11.6 Å². The van der Waals surface area contributed by atoms with E-state index >= 15 is 0 Å². The van der Waals surface area contributed by atoms with E-state index in [1.165, 1.54) is 6.42 Å². The van der Waals surface area contributed by atoms with Crippen LogP contribution >= 0.6 is 0 Å². The SMILES string of the molecule is C=C(NC(C)C(CC)C(C)C)OC(C)(C)C. The van der Waals surface area contributed by atoms with Crippen molar-refractivity contribution in [3.05, 3.63) is 12.5 Å². The highest BCUT2D eigenvalue weighted by Crippen LogP contribution is 2.20. The van der Waals surface area contributed by atoms with Crippen LogP contribution < -0.4 is 5.32 Å². The second kappa shape index (κ2) is 6.17. The lowest BCUT2D eigenvalue weighted by Gasteiger charge is -2.31. The lowest BCUT2D eigenvalue weighted by atomic mass is 9.87. The molecule has 2 unspecified atom stereocenters. The lowest BCUT2D eigenvalue weighted by Crippen LogP contribution is -2.37. The van der Waals surface area contributed by atoms with Gasteiger partial charge in [-0.05, 0) is 46.1 Å². The number of ether oxygens (including phenoxy) is 1. The van der Waals surface area contributed by atoms with Crippen LogP contribution in [0.5, 0.6) is 0 Å². The van der Waals surface area contributed by atoms with E-state index in [1.807, 2.05) is 20.8 Å². The summed E-state index contributed by atoms with van der Waals surface area (Å²) >= 11 is 0. The molecular formula is C14H29NO. The molecule has 0 fully saturated rings. The largest absolute Gasteiger partial charge is 0.474 e. The van der Waals surface area contributed by atoms with Crippen molar-refractivity contribution in [3.8, 4) is 0 Å². The first-order valence-electron chi connectivity index (χ1n) is 6.31. The van der Waals surface area contributed by atoms with Crippen molar-refractivity contribution in [2.75, 3.05) is 0 Å². The Hall–Kier alpha value is -0.660. The number of rotatable bonds is 6. The van der Waals surface area contributed by atoms with Crippen LogP contribution in [0.2, 0.25) is 0 Å². The predicted octanol–water partition coefficient (Wildman–Crippen LogP) is 3.93. The van der Waals surface area contributed by atoms with E-state index in [2.05, 4.69) is 39.6 Å². The molecule has 2 heteroatoms. The molecule has 0 bridgehead atoms. The van der Waals surface area contributed by atoms with Crippen molar-refractivity contribution >= 4 is 0 Å². The van der Waals surface area contributed by atoms with Crippen LogP contribution in [-0.2, 0) is 4.74 Å². The summed E-state index contributed by atoms with van der Waals surface area (Å²) in [6.45, 7) is 19.0. The van der Waals surface area contributed by atoms with Crippen molar-refractivity contribution in [2.24, 2.45) is 11.8 Å². The maximum atomic E-state index is 5.68. The fourth-order valence-electron chi connectivity index (χ4n) is 2.16. The van der Waals surface area contributed by atoms with Crippen molar-refractivity contribution in [3.63, 3.8) is 0 Å². The third kappa shape index (κ3) is 6.04. The highest BCUT2D eigenvalue weighted by atomic mass is 16.5. The Morgan fingerprint density at radius 3 is 2.06 bits per heavy atom. The number of hydrogen-bond donors (Lipinski definition) is 1. The second-order valence-electron chi connectivity index (χ2n) is 5.89. The molecule has 96 valence electrons. The Labute approximate surface area is 101 Å². The normalized spacial score (nSPS) is 15.8. The van der Waals surface area contributed by atoms with Crippen LogP contribution in [0.3, 0.4) is 0 Å². The Balaban J connectivity index is 4.22. The highest BCUT2D eigenvalue weighted by Gasteiger charge is 2.20. The molecule has 0 heterocycles. The minimum absolute atomic E-state index is 0.177. The molecule has 0 saturated carbocycles. The average Bonchev–Trinajstić information content (AvgIpc) is 1.99. The van der Waals surface area contributed by atoms with Crippen LogP contribution in [0.1, 0.15) is 54.9 Å². The van der Waals surface area contributed by atoms with Crippen molar-refractivity contribution in [1.29, 1.82) is 0 Å². The summed E-state index contributed by atoms with van der Waals surface area (Å²) in [7, 11) is 0. The van der Waals surface area contributed by atoms with Gasteiger partial charge in [-0.3, -0.25) is 0 Å². The van der Waals surface area contributed by atoms with E-state index in [9.17, 15) is 0 Å². The molecule has 0 aliphatic carbocycles. The molecule has 0 aromatic rings. The van der Waals surface area contributed by atoms with Crippen LogP contribution in [0, 0.1) is 11.8 Å². The summed E-state index contributed by atoms with van der Waals surface area (Å²) in [6.07, 6.45) is 1.18. The summed E-state index contributed by atoms with van der Waals surface area (Å²) in [4.78, 5) is 0. The van der Waals surface area contributed by atoms with Gasteiger partial charge in [-0.1, -0.05) is 27.2 Å². The van der Waals surface area contributed by atoms with E-state index in [-0.39, 0.29) is 5.60 Å². The Kier molecular flexibility index (Phi) is 5.91. The molecule has 0 aromatic carbocycles. The topological polar surface area (TPSA) is 21.3 Å². The quantitative estimate of drug-likeness (QED) is 0.694. The molecule has 0 saturated heterocycles. The first-order chi connectivity index (χ1) is 7.17. The van der Waals surface area contributed by atoms with Crippen molar-refractivity contribution in [2.45, 2.75) is 66.5 Å². The van der Waals surface area contributed by atoms with Crippen LogP contribution in [0.4, 0.5) is 0 Å². The molecule has 2 nitrogen and oxygen atoms in total. The molecule has 0 aliphatic rings. The van der Waals surface area contributed by atoms with Gasteiger partial charge >= 0.3 is 0 Å². The van der Waals surface area contributed by atoms with E-state index < -0.39 is 0 Å². The fraction of sp³-hybridized carbons (Fsp3) is 0.857. The minimum Gasteiger partial charge on any atom is -0.474 e. The summed E-state index contributed by atoms with van der Waals surface area (Å²) in [5.41, 5.74) is -0.177. The molecule has 0 spiro atoms. The molecule has 0 rings (SSSR count). The molecule has 16 heavy (non-hydrogen) atoms. The van der Waals surface area contributed by atoms with Gasteiger partial charge in [-0.2, -0.15) is 0 Å². The van der Waals surface area contributed by atoms with Gasteiger partial charge in [0.1, 0.15) is 5.60 Å². The van der Waals surface area contributed by atoms with E-state index in [1.54, 1.807) is 0 Å². The van der Waals surface area contributed by atoms with E-state index in [0.717, 1.165) is 0 Å². The van der Waals surface area contributed by atoms with Gasteiger partial charge in [0.2, 0.25) is 0 Å². The third-order valence-electron chi connectivity index (χ3n) is 2.79. The Bertz CT molecular complexity index is 215. The zero-order chi connectivity index (χ0) is 12.9. The van der Waals surface area contributed by atoms with E-state index in [0.29, 0.717) is 23.8 Å². The molecular weight excluding hydrogens is 198 g/mol. The molecule has 0 aliphatic heterocycles. The average molecular weight is 227 g/mol. The van der Waals surface area contributed by atoms with Crippen molar-refractivity contribution < 1.29 is 4.74 Å². The number of nitrogens with one attached hydrogen (secondary N) is 1.